The van der Waals surface area contributed by atoms with Gasteiger partial charge in [0.05, 0.1) is 11.1 Å². The van der Waals surface area contributed by atoms with E-state index in [4.69, 9.17) is 9.84 Å². The van der Waals surface area contributed by atoms with Gasteiger partial charge in [-0.3, -0.25) is 9.78 Å². The summed E-state index contributed by atoms with van der Waals surface area (Å²) in [4.78, 5) is 23.5. The lowest BCUT2D eigenvalue weighted by atomic mass is 9.95. The van der Waals surface area contributed by atoms with Crippen molar-refractivity contribution in [2.45, 2.75) is 34.1 Å². The predicted molar refractivity (Wildman–Crippen MR) is 113 cm³/mol. The SMILES string of the molecule is CC(C)Cc1cnc(-c2ccc(-c3ccc(OCC(C)(C)C(=O)O)cc3)nc2)[nH]1. The van der Waals surface area contributed by atoms with E-state index in [0.29, 0.717) is 11.7 Å². The molecule has 2 heterocycles. The van der Waals surface area contributed by atoms with Crippen molar-refractivity contribution in [3.05, 3.63) is 54.5 Å². The van der Waals surface area contributed by atoms with Crippen molar-refractivity contribution >= 4 is 5.97 Å². The average molecular weight is 393 g/mol. The van der Waals surface area contributed by atoms with Crippen LogP contribution in [-0.2, 0) is 11.2 Å². The molecule has 0 aliphatic rings. The zero-order chi connectivity index (χ0) is 21.0. The van der Waals surface area contributed by atoms with Crippen LogP contribution in [0.3, 0.4) is 0 Å². The lowest BCUT2D eigenvalue weighted by Crippen LogP contribution is -2.30. The van der Waals surface area contributed by atoms with Gasteiger partial charge in [-0.1, -0.05) is 13.8 Å². The van der Waals surface area contributed by atoms with Gasteiger partial charge in [0.25, 0.3) is 0 Å². The maximum absolute atomic E-state index is 11.2. The minimum Gasteiger partial charge on any atom is -0.492 e. The molecule has 0 unspecified atom stereocenters. The van der Waals surface area contributed by atoms with Gasteiger partial charge in [0, 0.05) is 29.2 Å². The quantitative estimate of drug-likeness (QED) is 0.572. The van der Waals surface area contributed by atoms with Crippen molar-refractivity contribution in [2.24, 2.45) is 11.3 Å². The number of carboxylic acids is 1. The fourth-order valence-electron chi connectivity index (χ4n) is 2.80. The van der Waals surface area contributed by atoms with E-state index < -0.39 is 11.4 Å². The Labute approximate surface area is 171 Å². The average Bonchev–Trinajstić information content (AvgIpc) is 3.14. The van der Waals surface area contributed by atoms with Crippen molar-refractivity contribution in [1.29, 1.82) is 0 Å². The van der Waals surface area contributed by atoms with Gasteiger partial charge in [-0.25, -0.2) is 4.98 Å². The number of benzene rings is 1. The van der Waals surface area contributed by atoms with Crippen LogP contribution in [0.5, 0.6) is 5.75 Å². The lowest BCUT2D eigenvalue weighted by Gasteiger charge is -2.19. The molecule has 3 rings (SSSR count). The molecule has 0 atom stereocenters. The standard InChI is InChI=1S/C23H27N3O3/c1-15(2)11-18-13-25-21(26-18)17-7-10-20(24-12-17)16-5-8-19(9-6-16)29-14-23(3,4)22(27)28/h5-10,12-13,15H,11,14H2,1-4H3,(H,25,26)(H,27,28). The number of nitrogens with zero attached hydrogens (tertiary/aromatic N) is 2. The molecule has 0 amide bonds. The van der Waals surface area contributed by atoms with Gasteiger partial charge in [0.2, 0.25) is 0 Å². The smallest absolute Gasteiger partial charge is 0.312 e. The van der Waals surface area contributed by atoms with E-state index in [2.05, 4.69) is 28.8 Å². The Bertz CT molecular complexity index is 958. The van der Waals surface area contributed by atoms with Gasteiger partial charge in [-0.05, 0) is 62.6 Å². The number of hydrogen-bond donors (Lipinski definition) is 2. The summed E-state index contributed by atoms with van der Waals surface area (Å²) < 4.78 is 5.62. The monoisotopic (exact) mass is 393 g/mol. The molecular weight excluding hydrogens is 366 g/mol. The first-order valence-electron chi connectivity index (χ1n) is 9.71. The summed E-state index contributed by atoms with van der Waals surface area (Å²) in [5, 5.41) is 9.16. The van der Waals surface area contributed by atoms with Gasteiger partial charge in [-0.2, -0.15) is 0 Å². The minimum absolute atomic E-state index is 0.108. The van der Waals surface area contributed by atoms with Crippen LogP contribution in [0, 0.1) is 11.3 Å². The molecule has 0 saturated carbocycles. The third kappa shape index (κ3) is 5.22. The van der Waals surface area contributed by atoms with Crippen molar-refractivity contribution < 1.29 is 14.6 Å². The van der Waals surface area contributed by atoms with E-state index >= 15 is 0 Å². The van der Waals surface area contributed by atoms with E-state index in [1.54, 1.807) is 13.8 Å². The Morgan fingerprint density at radius 2 is 1.76 bits per heavy atom. The van der Waals surface area contributed by atoms with E-state index in [0.717, 1.165) is 34.8 Å². The predicted octanol–water partition coefficient (Wildman–Crippen LogP) is 4.83. The zero-order valence-electron chi connectivity index (χ0n) is 17.3. The van der Waals surface area contributed by atoms with Gasteiger partial charge in [-0.15, -0.1) is 0 Å². The number of pyridine rings is 1. The van der Waals surface area contributed by atoms with Crippen molar-refractivity contribution in [3.8, 4) is 28.4 Å². The lowest BCUT2D eigenvalue weighted by molar-refractivity contribution is -0.148. The van der Waals surface area contributed by atoms with Gasteiger partial charge in [0.1, 0.15) is 18.2 Å². The fraction of sp³-hybridized carbons (Fsp3) is 0.348. The normalized spacial score (nSPS) is 11.6. The van der Waals surface area contributed by atoms with Crippen LogP contribution in [0.25, 0.3) is 22.6 Å². The molecule has 6 heteroatoms. The topological polar surface area (TPSA) is 88.1 Å². The molecule has 0 bridgehead atoms. The summed E-state index contributed by atoms with van der Waals surface area (Å²) in [6.07, 6.45) is 4.66. The van der Waals surface area contributed by atoms with Crippen LogP contribution in [0.4, 0.5) is 0 Å². The van der Waals surface area contributed by atoms with Crippen molar-refractivity contribution in [2.75, 3.05) is 6.61 Å². The number of carbonyl (C=O) groups is 1. The highest BCUT2D eigenvalue weighted by atomic mass is 16.5. The minimum atomic E-state index is -0.934. The second-order valence-corrected chi connectivity index (χ2v) is 8.29. The van der Waals surface area contributed by atoms with Gasteiger partial charge < -0.3 is 14.8 Å². The number of aromatic amines is 1. The van der Waals surface area contributed by atoms with E-state index in [-0.39, 0.29) is 6.61 Å². The Balaban J connectivity index is 1.67. The summed E-state index contributed by atoms with van der Waals surface area (Å²) in [5.41, 5.74) is 2.94. The molecule has 2 aromatic heterocycles. The highest BCUT2D eigenvalue weighted by Crippen LogP contribution is 2.25. The molecule has 152 valence electrons. The Kier molecular flexibility index (Phi) is 6.01. The second-order valence-electron chi connectivity index (χ2n) is 8.29. The van der Waals surface area contributed by atoms with Crippen LogP contribution >= 0.6 is 0 Å². The number of hydrogen-bond acceptors (Lipinski definition) is 4. The van der Waals surface area contributed by atoms with E-state index in [1.165, 1.54) is 0 Å². The molecule has 0 spiro atoms. The molecule has 29 heavy (non-hydrogen) atoms. The molecule has 0 saturated heterocycles. The molecule has 6 nitrogen and oxygen atoms in total. The van der Waals surface area contributed by atoms with Gasteiger partial charge >= 0.3 is 5.97 Å². The largest absolute Gasteiger partial charge is 0.492 e. The van der Waals surface area contributed by atoms with E-state index in [9.17, 15) is 4.79 Å². The Hall–Kier alpha value is -3.15. The van der Waals surface area contributed by atoms with Crippen LogP contribution < -0.4 is 4.74 Å². The molecule has 3 aromatic rings. The molecular formula is C23H27N3O3. The summed E-state index contributed by atoms with van der Waals surface area (Å²) in [5.74, 6) is 1.15. The number of imidazole rings is 1. The number of aromatic nitrogens is 3. The Morgan fingerprint density at radius 1 is 1.07 bits per heavy atom. The van der Waals surface area contributed by atoms with Crippen molar-refractivity contribution in [1.82, 2.24) is 15.0 Å². The highest BCUT2D eigenvalue weighted by molar-refractivity contribution is 5.73. The van der Waals surface area contributed by atoms with Crippen LogP contribution in [-0.4, -0.2) is 32.6 Å². The zero-order valence-corrected chi connectivity index (χ0v) is 17.3. The summed E-state index contributed by atoms with van der Waals surface area (Å²) in [6, 6.07) is 11.4. The van der Waals surface area contributed by atoms with Crippen LogP contribution in [0.2, 0.25) is 0 Å². The summed E-state index contributed by atoms with van der Waals surface area (Å²) >= 11 is 0. The number of ether oxygens (including phenoxy) is 1. The number of aliphatic carboxylic acids is 1. The van der Waals surface area contributed by atoms with Crippen LogP contribution in [0.1, 0.15) is 33.4 Å². The molecule has 0 aliphatic carbocycles. The molecule has 2 N–H and O–H groups in total. The maximum atomic E-state index is 11.2. The van der Waals surface area contributed by atoms with Crippen molar-refractivity contribution in [3.63, 3.8) is 0 Å². The maximum Gasteiger partial charge on any atom is 0.312 e. The van der Waals surface area contributed by atoms with E-state index in [1.807, 2.05) is 48.8 Å². The fourth-order valence-corrected chi connectivity index (χ4v) is 2.80. The first-order chi connectivity index (χ1) is 13.7. The number of rotatable bonds is 8. The number of carboxylic acid groups (broad SMARTS) is 1. The second kappa shape index (κ2) is 8.47. The third-order valence-electron chi connectivity index (χ3n) is 4.62. The number of H-pyrrole nitrogens is 1. The highest BCUT2D eigenvalue weighted by Gasteiger charge is 2.28. The first-order valence-corrected chi connectivity index (χ1v) is 9.71. The third-order valence-corrected chi connectivity index (χ3v) is 4.62. The first kappa shape index (κ1) is 20.6. The molecule has 0 fully saturated rings. The Morgan fingerprint density at radius 3 is 2.34 bits per heavy atom. The summed E-state index contributed by atoms with van der Waals surface area (Å²) in [7, 11) is 0. The molecule has 0 aliphatic heterocycles. The molecule has 0 radical (unpaired) electrons. The van der Waals surface area contributed by atoms with Crippen LogP contribution in [0.15, 0.2) is 48.8 Å². The summed E-state index contributed by atoms with van der Waals surface area (Å²) in [6.45, 7) is 7.75. The van der Waals surface area contributed by atoms with Gasteiger partial charge in [0.15, 0.2) is 0 Å². The number of nitrogens with one attached hydrogen (secondary N) is 1. The molecule has 1 aromatic carbocycles.